The molecule has 0 N–H and O–H groups in total. The summed E-state index contributed by atoms with van der Waals surface area (Å²) >= 11 is 6.27. The van der Waals surface area contributed by atoms with Gasteiger partial charge in [-0.1, -0.05) is 35.9 Å². The van der Waals surface area contributed by atoms with Gasteiger partial charge in [0.15, 0.2) is 0 Å². The van der Waals surface area contributed by atoms with E-state index in [1.54, 1.807) is 6.20 Å². The molecule has 0 atom stereocenters. The number of fused-ring (bicyclic) bond motifs is 1. The maximum Gasteiger partial charge on any atom is 0.494 e. The van der Waals surface area contributed by atoms with Crippen molar-refractivity contribution >= 4 is 35.1 Å². The van der Waals surface area contributed by atoms with Gasteiger partial charge < -0.3 is 9.31 Å². The van der Waals surface area contributed by atoms with Crippen molar-refractivity contribution < 1.29 is 9.31 Å². The van der Waals surface area contributed by atoms with E-state index in [1.165, 1.54) is 0 Å². The number of nitrogens with zero attached hydrogens (tertiary/aromatic N) is 3. The van der Waals surface area contributed by atoms with Gasteiger partial charge in [0.05, 0.1) is 28.5 Å². The minimum atomic E-state index is -0.511. The normalized spacial score (nSPS) is 17.6. The van der Waals surface area contributed by atoms with Crippen LogP contribution in [0.4, 0.5) is 0 Å². The molecule has 0 saturated carbocycles. The van der Waals surface area contributed by atoms with Gasteiger partial charge in [0.2, 0.25) is 0 Å². The highest BCUT2D eigenvalue weighted by molar-refractivity contribution is 6.62. The zero-order valence-electron chi connectivity index (χ0n) is 17.1. The first-order chi connectivity index (χ1) is 13.7. The number of hydrogen-bond acceptors (Lipinski definition) is 4. The van der Waals surface area contributed by atoms with E-state index in [-0.39, 0.29) is 0 Å². The van der Waals surface area contributed by atoms with E-state index in [2.05, 4.69) is 11.2 Å². The van der Waals surface area contributed by atoms with E-state index in [0.717, 1.165) is 33.4 Å². The lowest BCUT2D eigenvalue weighted by atomic mass is 9.78. The second kappa shape index (κ2) is 7.18. The summed E-state index contributed by atoms with van der Waals surface area (Å²) < 4.78 is 14.2. The van der Waals surface area contributed by atoms with Crippen LogP contribution in [0.25, 0.3) is 10.9 Å². The van der Waals surface area contributed by atoms with Crippen LogP contribution in [0.5, 0.6) is 0 Å². The Kier molecular flexibility index (Phi) is 4.94. The molecule has 0 aliphatic carbocycles. The molecule has 1 aliphatic heterocycles. The van der Waals surface area contributed by atoms with Crippen LogP contribution in [0.2, 0.25) is 5.02 Å². The Labute approximate surface area is 176 Å². The monoisotopic (exact) mass is 407 g/mol. The topological polar surface area (TPSA) is 60.1 Å². The number of hydrogen-bond donors (Lipinski definition) is 0. The van der Waals surface area contributed by atoms with Gasteiger partial charge in [0, 0.05) is 17.0 Å². The Hall–Kier alpha value is -2.33. The van der Waals surface area contributed by atoms with Gasteiger partial charge in [0.1, 0.15) is 6.07 Å². The van der Waals surface area contributed by atoms with Crippen molar-refractivity contribution in [2.45, 2.75) is 51.9 Å². The Morgan fingerprint density at radius 3 is 2.48 bits per heavy atom. The molecule has 0 bridgehead atoms. The summed E-state index contributed by atoms with van der Waals surface area (Å²) in [7, 11) is -0.511. The molecule has 1 fully saturated rings. The lowest BCUT2D eigenvalue weighted by Gasteiger charge is -2.32. The van der Waals surface area contributed by atoms with E-state index in [1.807, 2.05) is 68.8 Å². The summed E-state index contributed by atoms with van der Waals surface area (Å²) in [6.07, 6.45) is 2.53. The highest BCUT2D eigenvalue weighted by atomic mass is 35.5. The number of aryl methyl sites for hydroxylation is 2. The summed E-state index contributed by atoms with van der Waals surface area (Å²) in [5.74, 6) is 0. The molecule has 29 heavy (non-hydrogen) atoms. The number of halogens is 1. The third-order valence-corrected chi connectivity index (χ3v) is 6.32. The third-order valence-electron chi connectivity index (χ3n) is 5.95. The van der Waals surface area contributed by atoms with Crippen LogP contribution >= 0.6 is 11.6 Å². The Bertz CT molecular complexity index is 1100. The number of rotatable bonds is 4. The Balaban J connectivity index is 1.66. The molecule has 0 spiro atoms. The average molecular weight is 408 g/mol. The van der Waals surface area contributed by atoms with E-state index in [4.69, 9.17) is 20.9 Å². The van der Waals surface area contributed by atoms with Gasteiger partial charge in [-0.25, -0.2) is 0 Å². The third kappa shape index (κ3) is 3.55. The lowest BCUT2D eigenvalue weighted by Crippen LogP contribution is -2.41. The number of aromatic nitrogens is 2. The van der Waals surface area contributed by atoms with Gasteiger partial charge in [0.25, 0.3) is 0 Å². The van der Waals surface area contributed by atoms with Gasteiger partial charge in [-0.05, 0) is 57.3 Å². The first-order valence-electron chi connectivity index (χ1n) is 9.70. The molecule has 0 amide bonds. The molecule has 3 aromatic rings. The molecule has 0 radical (unpaired) electrons. The first-order valence-corrected chi connectivity index (χ1v) is 10.1. The summed E-state index contributed by atoms with van der Waals surface area (Å²) in [6.45, 7) is 8.71. The first kappa shape index (κ1) is 20.0. The van der Waals surface area contributed by atoms with Gasteiger partial charge in [-0.15, -0.1) is 0 Å². The average Bonchev–Trinajstić information content (AvgIpc) is 3.17. The van der Waals surface area contributed by atoms with Crippen LogP contribution in [-0.4, -0.2) is 28.1 Å². The second-order valence-corrected chi connectivity index (χ2v) is 8.82. The fourth-order valence-corrected chi connectivity index (χ4v) is 3.78. The van der Waals surface area contributed by atoms with Crippen LogP contribution in [0.15, 0.2) is 42.6 Å². The minimum Gasteiger partial charge on any atom is -0.399 e. The van der Waals surface area contributed by atoms with Crippen molar-refractivity contribution in [3.63, 3.8) is 0 Å². The molecule has 1 saturated heterocycles. The van der Waals surface area contributed by atoms with Crippen molar-refractivity contribution in [3.8, 4) is 6.07 Å². The molecule has 0 unspecified atom stereocenters. The van der Waals surface area contributed by atoms with Crippen molar-refractivity contribution in [2.24, 2.45) is 0 Å². The standard InChI is InChI=1S/C22H23BClN3O2/c1-21(2)22(3,4)29-23(28-21)18-11-16(13-25)20-17(12-18)14-26-27(20)10-9-15-7-5-6-8-19(15)24/h5-8,11-12,14H,9-10H2,1-4H3. The predicted octanol–water partition coefficient (Wildman–Crippen LogP) is 4.10. The summed E-state index contributed by atoms with van der Waals surface area (Å²) in [4.78, 5) is 0. The number of nitriles is 1. The van der Waals surface area contributed by atoms with Crippen molar-refractivity contribution in [1.29, 1.82) is 5.26 Å². The van der Waals surface area contributed by atoms with Crippen LogP contribution in [0.3, 0.4) is 0 Å². The Morgan fingerprint density at radius 2 is 1.83 bits per heavy atom. The maximum atomic E-state index is 9.79. The van der Waals surface area contributed by atoms with Crippen molar-refractivity contribution in [1.82, 2.24) is 9.78 Å². The predicted molar refractivity (Wildman–Crippen MR) is 115 cm³/mol. The molecule has 1 aromatic heterocycles. The fourth-order valence-electron chi connectivity index (χ4n) is 3.55. The smallest absolute Gasteiger partial charge is 0.399 e. The Morgan fingerprint density at radius 1 is 1.14 bits per heavy atom. The SMILES string of the molecule is CC1(C)OB(c2cc(C#N)c3c(cnn3CCc3ccccc3Cl)c2)OC1(C)C. The molecular formula is C22H23BClN3O2. The van der Waals surface area contributed by atoms with Crippen LogP contribution in [0.1, 0.15) is 38.8 Å². The van der Waals surface area contributed by atoms with Crippen molar-refractivity contribution in [3.05, 3.63) is 58.7 Å². The van der Waals surface area contributed by atoms with E-state index in [9.17, 15) is 5.26 Å². The zero-order valence-corrected chi connectivity index (χ0v) is 17.8. The molecule has 1 aliphatic rings. The maximum absolute atomic E-state index is 9.79. The second-order valence-electron chi connectivity index (χ2n) is 8.42. The quantitative estimate of drug-likeness (QED) is 0.611. The molecule has 2 aromatic carbocycles. The van der Waals surface area contributed by atoms with E-state index >= 15 is 0 Å². The largest absolute Gasteiger partial charge is 0.494 e. The highest BCUT2D eigenvalue weighted by Gasteiger charge is 2.51. The van der Waals surface area contributed by atoms with E-state index < -0.39 is 18.3 Å². The summed E-state index contributed by atoms with van der Waals surface area (Å²) in [5, 5.41) is 15.9. The van der Waals surface area contributed by atoms with Gasteiger partial charge in [-0.3, -0.25) is 4.68 Å². The van der Waals surface area contributed by atoms with Crippen LogP contribution < -0.4 is 5.46 Å². The molecule has 2 heterocycles. The highest BCUT2D eigenvalue weighted by Crippen LogP contribution is 2.36. The molecule has 7 heteroatoms. The van der Waals surface area contributed by atoms with Crippen LogP contribution in [0, 0.1) is 11.3 Å². The summed E-state index contributed by atoms with van der Waals surface area (Å²) in [5.41, 5.74) is 2.41. The molecule has 5 nitrogen and oxygen atoms in total. The van der Waals surface area contributed by atoms with Gasteiger partial charge >= 0.3 is 7.12 Å². The van der Waals surface area contributed by atoms with Gasteiger partial charge in [-0.2, -0.15) is 10.4 Å². The van der Waals surface area contributed by atoms with Crippen molar-refractivity contribution in [2.75, 3.05) is 0 Å². The minimum absolute atomic E-state index is 0.432. The summed E-state index contributed by atoms with van der Waals surface area (Å²) in [6, 6.07) is 13.9. The molecule has 148 valence electrons. The van der Waals surface area contributed by atoms with E-state index in [0.29, 0.717) is 12.1 Å². The van der Waals surface area contributed by atoms with Crippen LogP contribution in [-0.2, 0) is 22.3 Å². The molecule has 4 rings (SSSR count). The lowest BCUT2D eigenvalue weighted by molar-refractivity contribution is 0.00578. The zero-order chi connectivity index (χ0) is 20.8. The number of benzene rings is 2. The molecular weight excluding hydrogens is 385 g/mol. The fraction of sp³-hybridized carbons (Fsp3) is 0.364.